The molecule has 0 bridgehead atoms. The van der Waals surface area contributed by atoms with E-state index in [1.54, 1.807) is 6.92 Å². The van der Waals surface area contributed by atoms with Crippen LogP contribution < -0.4 is 10.5 Å². The molecule has 0 unspecified atom stereocenters. The van der Waals surface area contributed by atoms with Crippen LogP contribution in [0.5, 0.6) is 5.75 Å². The largest absolute Gasteiger partial charge is 0.507 e. The molecule has 0 spiro atoms. The number of benzene rings is 1. The fraction of sp³-hybridized carbons (Fsp3) is 0.389. The second kappa shape index (κ2) is 6.69. The van der Waals surface area contributed by atoms with E-state index in [4.69, 9.17) is 0 Å². The Labute approximate surface area is 131 Å². The van der Waals surface area contributed by atoms with Crippen molar-refractivity contribution in [3.8, 4) is 17.0 Å². The molecule has 1 aromatic heterocycles. The SMILES string of the molecule is CCc1c(-c2ccc(N(CC)CC)cc2)[nH]c(=O)c(C)c1O. The Morgan fingerprint density at radius 2 is 1.68 bits per heavy atom. The Balaban J connectivity index is 2.51. The fourth-order valence-electron chi connectivity index (χ4n) is 2.75. The molecule has 1 aromatic carbocycles. The van der Waals surface area contributed by atoms with Gasteiger partial charge < -0.3 is 15.0 Å². The van der Waals surface area contributed by atoms with Crippen molar-refractivity contribution in [1.82, 2.24) is 4.98 Å². The van der Waals surface area contributed by atoms with Gasteiger partial charge in [0.05, 0.1) is 11.3 Å². The number of pyridine rings is 1. The summed E-state index contributed by atoms with van der Waals surface area (Å²) in [5.41, 5.74) is 3.71. The summed E-state index contributed by atoms with van der Waals surface area (Å²) in [6.07, 6.45) is 0.663. The molecular weight excluding hydrogens is 276 g/mol. The van der Waals surface area contributed by atoms with E-state index < -0.39 is 0 Å². The van der Waals surface area contributed by atoms with Crippen molar-refractivity contribution in [2.75, 3.05) is 18.0 Å². The van der Waals surface area contributed by atoms with Crippen LogP contribution in [0, 0.1) is 6.92 Å². The van der Waals surface area contributed by atoms with E-state index in [2.05, 4.69) is 35.9 Å². The summed E-state index contributed by atoms with van der Waals surface area (Å²) >= 11 is 0. The van der Waals surface area contributed by atoms with E-state index in [-0.39, 0.29) is 11.3 Å². The Kier molecular flexibility index (Phi) is 4.91. The summed E-state index contributed by atoms with van der Waals surface area (Å²) in [4.78, 5) is 17.1. The van der Waals surface area contributed by atoms with Gasteiger partial charge in [0.25, 0.3) is 5.56 Å². The average molecular weight is 300 g/mol. The number of hydrogen-bond acceptors (Lipinski definition) is 3. The monoisotopic (exact) mass is 300 g/mol. The Hall–Kier alpha value is -2.23. The summed E-state index contributed by atoms with van der Waals surface area (Å²) in [6.45, 7) is 9.78. The number of aromatic hydroxyl groups is 1. The van der Waals surface area contributed by atoms with Gasteiger partial charge in [-0.3, -0.25) is 4.79 Å². The van der Waals surface area contributed by atoms with E-state index in [0.29, 0.717) is 17.7 Å². The van der Waals surface area contributed by atoms with Crippen LogP contribution >= 0.6 is 0 Å². The number of rotatable bonds is 5. The van der Waals surface area contributed by atoms with Gasteiger partial charge in [0.1, 0.15) is 5.75 Å². The molecular formula is C18H24N2O2. The third-order valence-corrected chi connectivity index (χ3v) is 4.16. The summed E-state index contributed by atoms with van der Waals surface area (Å²) in [5.74, 6) is 0.106. The lowest BCUT2D eigenvalue weighted by atomic mass is 10.0. The van der Waals surface area contributed by atoms with Gasteiger partial charge in [-0.2, -0.15) is 0 Å². The van der Waals surface area contributed by atoms with Crippen molar-refractivity contribution < 1.29 is 5.11 Å². The molecule has 4 heteroatoms. The molecule has 0 aliphatic carbocycles. The van der Waals surface area contributed by atoms with Crippen LogP contribution in [0.1, 0.15) is 31.9 Å². The third-order valence-electron chi connectivity index (χ3n) is 4.16. The van der Waals surface area contributed by atoms with Crippen molar-refractivity contribution in [2.45, 2.75) is 34.1 Å². The lowest BCUT2D eigenvalue weighted by molar-refractivity contribution is 0.463. The van der Waals surface area contributed by atoms with E-state index in [9.17, 15) is 9.90 Å². The van der Waals surface area contributed by atoms with Crippen LogP contribution in [0.4, 0.5) is 5.69 Å². The molecule has 0 saturated heterocycles. The number of nitrogens with zero attached hydrogens (tertiary/aromatic N) is 1. The van der Waals surface area contributed by atoms with Gasteiger partial charge in [-0.25, -0.2) is 0 Å². The number of H-pyrrole nitrogens is 1. The van der Waals surface area contributed by atoms with E-state index in [1.807, 2.05) is 19.1 Å². The zero-order valence-corrected chi connectivity index (χ0v) is 13.7. The highest BCUT2D eigenvalue weighted by Gasteiger charge is 2.14. The highest BCUT2D eigenvalue weighted by molar-refractivity contribution is 5.69. The lowest BCUT2D eigenvalue weighted by Crippen LogP contribution is -2.21. The minimum absolute atomic E-state index is 0.106. The minimum Gasteiger partial charge on any atom is -0.507 e. The number of aromatic amines is 1. The summed E-state index contributed by atoms with van der Waals surface area (Å²) < 4.78 is 0. The van der Waals surface area contributed by atoms with E-state index in [0.717, 1.165) is 29.9 Å². The molecule has 0 radical (unpaired) electrons. The maximum Gasteiger partial charge on any atom is 0.255 e. The number of aromatic nitrogens is 1. The van der Waals surface area contributed by atoms with Crippen molar-refractivity contribution in [2.24, 2.45) is 0 Å². The lowest BCUT2D eigenvalue weighted by Gasteiger charge is -2.21. The van der Waals surface area contributed by atoms with Gasteiger partial charge >= 0.3 is 0 Å². The standard InChI is InChI=1S/C18H24N2O2/c1-5-15-16(19-18(22)12(4)17(15)21)13-8-10-14(11-9-13)20(6-2)7-3/h8-11H,5-7H2,1-4H3,(H2,19,21,22). The van der Waals surface area contributed by atoms with E-state index in [1.165, 1.54) is 0 Å². The second-order valence-electron chi connectivity index (χ2n) is 5.35. The predicted molar refractivity (Wildman–Crippen MR) is 91.8 cm³/mol. The normalized spacial score (nSPS) is 10.7. The van der Waals surface area contributed by atoms with Crippen molar-refractivity contribution in [1.29, 1.82) is 0 Å². The maximum atomic E-state index is 11.9. The molecule has 0 saturated carbocycles. The summed E-state index contributed by atoms with van der Waals surface area (Å²) in [5, 5.41) is 10.2. The highest BCUT2D eigenvalue weighted by Crippen LogP contribution is 2.30. The first-order valence-electron chi connectivity index (χ1n) is 7.83. The molecule has 22 heavy (non-hydrogen) atoms. The van der Waals surface area contributed by atoms with Crippen LogP contribution in [0.2, 0.25) is 0 Å². The molecule has 0 aliphatic rings. The van der Waals surface area contributed by atoms with Crippen molar-refractivity contribution in [3.63, 3.8) is 0 Å². The molecule has 0 fully saturated rings. The number of anilines is 1. The predicted octanol–water partition coefficient (Wildman–Crippen LogP) is 3.46. The first kappa shape index (κ1) is 16.1. The summed E-state index contributed by atoms with van der Waals surface area (Å²) in [6, 6.07) is 8.09. The average Bonchev–Trinajstić information content (AvgIpc) is 2.54. The Bertz CT molecular complexity index is 698. The van der Waals surface area contributed by atoms with Crippen molar-refractivity contribution in [3.05, 3.63) is 45.7 Å². The van der Waals surface area contributed by atoms with Crippen LogP contribution in [-0.2, 0) is 6.42 Å². The smallest absolute Gasteiger partial charge is 0.255 e. The third kappa shape index (κ3) is 2.86. The quantitative estimate of drug-likeness (QED) is 0.889. The molecule has 0 aliphatic heterocycles. The molecule has 4 nitrogen and oxygen atoms in total. The van der Waals surface area contributed by atoms with Crippen LogP contribution in [0.3, 0.4) is 0 Å². The fourth-order valence-corrected chi connectivity index (χ4v) is 2.75. The number of nitrogens with one attached hydrogen (secondary N) is 1. The molecule has 1 heterocycles. The topological polar surface area (TPSA) is 56.3 Å². The molecule has 118 valence electrons. The molecule has 2 aromatic rings. The first-order chi connectivity index (χ1) is 10.5. The van der Waals surface area contributed by atoms with Gasteiger partial charge in [-0.1, -0.05) is 19.1 Å². The Morgan fingerprint density at radius 1 is 1.09 bits per heavy atom. The van der Waals surface area contributed by atoms with Crippen LogP contribution in [-0.4, -0.2) is 23.2 Å². The molecule has 2 rings (SSSR count). The highest BCUT2D eigenvalue weighted by atomic mass is 16.3. The van der Waals surface area contributed by atoms with Gasteiger partial charge in [0.15, 0.2) is 0 Å². The second-order valence-corrected chi connectivity index (χ2v) is 5.35. The zero-order chi connectivity index (χ0) is 16.3. The van der Waals surface area contributed by atoms with Crippen LogP contribution in [0.15, 0.2) is 29.1 Å². The Morgan fingerprint density at radius 3 is 2.18 bits per heavy atom. The van der Waals surface area contributed by atoms with Crippen LogP contribution in [0.25, 0.3) is 11.3 Å². The van der Waals surface area contributed by atoms with Crippen molar-refractivity contribution >= 4 is 5.69 Å². The van der Waals surface area contributed by atoms with Gasteiger partial charge in [-0.15, -0.1) is 0 Å². The van der Waals surface area contributed by atoms with E-state index >= 15 is 0 Å². The van der Waals surface area contributed by atoms with Gasteiger partial charge in [0.2, 0.25) is 0 Å². The zero-order valence-electron chi connectivity index (χ0n) is 13.7. The minimum atomic E-state index is -0.238. The first-order valence-corrected chi connectivity index (χ1v) is 7.83. The summed E-state index contributed by atoms with van der Waals surface area (Å²) in [7, 11) is 0. The molecule has 0 amide bonds. The maximum absolute atomic E-state index is 11.9. The number of hydrogen-bond donors (Lipinski definition) is 2. The van der Waals surface area contributed by atoms with Gasteiger partial charge in [0, 0.05) is 24.3 Å². The molecule has 0 atom stereocenters. The molecule has 2 N–H and O–H groups in total. The van der Waals surface area contributed by atoms with Gasteiger partial charge in [-0.05, 0) is 44.9 Å².